The smallest absolute Gasteiger partial charge is 0.297 e. The van der Waals surface area contributed by atoms with E-state index in [1.807, 2.05) is 19.1 Å². The van der Waals surface area contributed by atoms with E-state index in [2.05, 4.69) is 19.1 Å². The van der Waals surface area contributed by atoms with Gasteiger partial charge in [-0.2, -0.15) is 8.42 Å². The standard InChI is InChI=1S/C36H52F2O4S/c1-3-4-8-24-36(25-22-30(23-26-36)29-10-6-5-7-11-29)31-16-18-33(19-17-31)42-35(38)13-9-12-32(37)27-41-43(39,40)34-20-14-28(2)15-21-34/h14-21,29-30,32,35H,3-13,22-27H2,1-2H3. The molecule has 2 aromatic carbocycles. The van der Waals surface area contributed by atoms with Gasteiger partial charge in [0.05, 0.1) is 11.5 Å². The molecule has 2 fully saturated rings. The molecule has 0 radical (unpaired) electrons. The van der Waals surface area contributed by atoms with E-state index in [-0.39, 0.29) is 29.6 Å². The third-order valence-corrected chi connectivity index (χ3v) is 11.3. The molecule has 2 atom stereocenters. The van der Waals surface area contributed by atoms with Crippen LogP contribution in [0.1, 0.15) is 121 Å². The molecule has 2 aliphatic carbocycles. The number of alkyl halides is 2. The zero-order chi connectivity index (χ0) is 30.7. The van der Waals surface area contributed by atoms with E-state index in [4.69, 9.17) is 8.92 Å². The summed E-state index contributed by atoms with van der Waals surface area (Å²) in [6, 6.07) is 14.2. The van der Waals surface area contributed by atoms with E-state index in [0.717, 1.165) is 17.4 Å². The van der Waals surface area contributed by atoms with E-state index in [1.165, 1.54) is 101 Å². The minimum Gasteiger partial charge on any atom is -0.460 e. The zero-order valence-electron chi connectivity index (χ0n) is 26.2. The number of hydrogen-bond acceptors (Lipinski definition) is 4. The van der Waals surface area contributed by atoms with Gasteiger partial charge >= 0.3 is 0 Å². The van der Waals surface area contributed by atoms with Crippen LogP contribution in [-0.4, -0.2) is 27.6 Å². The van der Waals surface area contributed by atoms with Crippen LogP contribution >= 0.6 is 0 Å². The lowest BCUT2D eigenvalue weighted by atomic mass is 9.61. The molecule has 0 heterocycles. The van der Waals surface area contributed by atoms with Crippen molar-refractivity contribution < 1.29 is 26.1 Å². The van der Waals surface area contributed by atoms with E-state index in [0.29, 0.717) is 5.75 Å². The topological polar surface area (TPSA) is 52.6 Å². The summed E-state index contributed by atoms with van der Waals surface area (Å²) in [5, 5.41) is 0. The SMILES string of the molecule is CCCCCC1(c2ccc(OC(F)CCCC(F)COS(=O)(=O)c3ccc(C)cc3)cc2)CCC(C2CCCCC2)CC1. The van der Waals surface area contributed by atoms with E-state index in [1.54, 1.807) is 12.1 Å². The lowest BCUT2D eigenvalue weighted by Gasteiger charge is -2.44. The first-order chi connectivity index (χ1) is 20.7. The number of ether oxygens (including phenoxy) is 1. The van der Waals surface area contributed by atoms with Gasteiger partial charge in [-0.05, 0) is 98.9 Å². The van der Waals surface area contributed by atoms with Crippen molar-refractivity contribution in [3.63, 3.8) is 0 Å². The van der Waals surface area contributed by atoms with Crippen LogP contribution in [0.15, 0.2) is 53.4 Å². The molecule has 0 amide bonds. The van der Waals surface area contributed by atoms with Crippen LogP contribution in [0.5, 0.6) is 5.75 Å². The Balaban J connectivity index is 1.23. The van der Waals surface area contributed by atoms with Crippen molar-refractivity contribution >= 4 is 10.1 Å². The van der Waals surface area contributed by atoms with Crippen molar-refractivity contribution in [2.45, 2.75) is 139 Å². The Hall–Kier alpha value is -1.99. The Morgan fingerprint density at radius 3 is 2.14 bits per heavy atom. The number of rotatable bonds is 16. The minimum atomic E-state index is -4.02. The van der Waals surface area contributed by atoms with Crippen LogP contribution in [0.4, 0.5) is 8.78 Å². The van der Waals surface area contributed by atoms with Gasteiger partial charge in [0.1, 0.15) is 11.9 Å². The zero-order valence-corrected chi connectivity index (χ0v) is 27.1. The summed E-state index contributed by atoms with van der Waals surface area (Å²) < 4.78 is 63.9. The maximum Gasteiger partial charge on any atom is 0.297 e. The second kappa shape index (κ2) is 16.4. The largest absolute Gasteiger partial charge is 0.460 e. The lowest BCUT2D eigenvalue weighted by Crippen LogP contribution is -2.34. The second-order valence-corrected chi connectivity index (χ2v) is 14.7. The summed E-state index contributed by atoms with van der Waals surface area (Å²) in [7, 11) is -4.02. The molecule has 43 heavy (non-hydrogen) atoms. The number of unbranched alkanes of at least 4 members (excludes halogenated alkanes) is 2. The normalized spacial score (nSPS) is 23.1. The summed E-state index contributed by atoms with van der Waals surface area (Å²) in [6.07, 6.45) is 14.3. The predicted octanol–water partition coefficient (Wildman–Crippen LogP) is 10.2. The maximum atomic E-state index is 14.7. The molecule has 4 nitrogen and oxygen atoms in total. The highest BCUT2D eigenvalue weighted by Crippen LogP contribution is 2.49. The summed E-state index contributed by atoms with van der Waals surface area (Å²) in [5.41, 5.74) is 2.48. The molecule has 0 aromatic heterocycles. The van der Waals surface area contributed by atoms with E-state index >= 15 is 0 Å². The summed E-state index contributed by atoms with van der Waals surface area (Å²) in [5.74, 6) is 2.29. The van der Waals surface area contributed by atoms with Gasteiger partial charge in [0.25, 0.3) is 10.1 Å². The summed E-state index contributed by atoms with van der Waals surface area (Å²) in [6.45, 7) is 3.52. The fourth-order valence-corrected chi connectivity index (χ4v) is 8.21. The predicted molar refractivity (Wildman–Crippen MR) is 169 cm³/mol. The van der Waals surface area contributed by atoms with Gasteiger partial charge in [-0.3, -0.25) is 4.18 Å². The molecule has 2 saturated carbocycles. The average molecular weight is 619 g/mol. The van der Waals surface area contributed by atoms with Gasteiger partial charge < -0.3 is 4.74 Å². The summed E-state index contributed by atoms with van der Waals surface area (Å²) >= 11 is 0. The fourth-order valence-electron chi connectivity index (χ4n) is 7.28. The molecular weight excluding hydrogens is 566 g/mol. The number of halogens is 2. The Kier molecular flexibility index (Phi) is 12.9. The molecule has 0 bridgehead atoms. The van der Waals surface area contributed by atoms with Gasteiger partial charge in [0.2, 0.25) is 6.36 Å². The molecule has 0 spiro atoms. The number of aryl methyl sites for hydroxylation is 1. The van der Waals surface area contributed by atoms with Crippen molar-refractivity contribution in [2.75, 3.05) is 6.61 Å². The van der Waals surface area contributed by atoms with Crippen LogP contribution in [0.25, 0.3) is 0 Å². The van der Waals surface area contributed by atoms with Gasteiger partial charge in [-0.25, -0.2) is 8.78 Å². The molecule has 2 aromatic rings. The molecule has 4 rings (SSSR count). The summed E-state index contributed by atoms with van der Waals surface area (Å²) in [4.78, 5) is -0.00690. The van der Waals surface area contributed by atoms with Crippen LogP contribution in [-0.2, 0) is 19.7 Å². The second-order valence-electron chi connectivity index (χ2n) is 13.1. The van der Waals surface area contributed by atoms with Crippen LogP contribution in [0.2, 0.25) is 0 Å². The molecule has 7 heteroatoms. The van der Waals surface area contributed by atoms with Crippen LogP contribution in [0.3, 0.4) is 0 Å². The third kappa shape index (κ3) is 10.0. The Bertz CT molecular complexity index is 1180. The number of benzene rings is 2. The monoisotopic (exact) mass is 618 g/mol. The van der Waals surface area contributed by atoms with Crippen LogP contribution < -0.4 is 4.74 Å². The third-order valence-electron chi connectivity index (χ3n) is 9.96. The fraction of sp³-hybridized carbons (Fsp3) is 0.667. The van der Waals surface area contributed by atoms with Crippen molar-refractivity contribution in [3.8, 4) is 5.75 Å². The molecule has 240 valence electrons. The van der Waals surface area contributed by atoms with Crippen LogP contribution in [0, 0.1) is 18.8 Å². The minimum absolute atomic E-state index is 0.00569. The van der Waals surface area contributed by atoms with Crippen molar-refractivity contribution in [2.24, 2.45) is 11.8 Å². The van der Waals surface area contributed by atoms with E-state index < -0.39 is 29.3 Å². The Morgan fingerprint density at radius 2 is 1.49 bits per heavy atom. The Labute approximate surface area is 259 Å². The van der Waals surface area contributed by atoms with Crippen molar-refractivity contribution in [3.05, 3.63) is 59.7 Å². The van der Waals surface area contributed by atoms with Crippen molar-refractivity contribution in [1.82, 2.24) is 0 Å². The molecule has 2 unspecified atom stereocenters. The molecular formula is C36H52F2O4S. The van der Waals surface area contributed by atoms with Gasteiger partial charge in [-0.15, -0.1) is 0 Å². The average Bonchev–Trinajstić information content (AvgIpc) is 3.01. The first-order valence-corrected chi connectivity index (χ1v) is 18.1. The highest BCUT2D eigenvalue weighted by atomic mass is 32.2. The molecule has 0 aliphatic heterocycles. The molecule has 0 saturated heterocycles. The van der Waals surface area contributed by atoms with E-state index in [9.17, 15) is 17.2 Å². The first kappa shape index (κ1) is 33.9. The molecule has 0 N–H and O–H groups in total. The first-order valence-electron chi connectivity index (χ1n) is 16.7. The Morgan fingerprint density at radius 1 is 0.837 bits per heavy atom. The highest BCUT2D eigenvalue weighted by molar-refractivity contribution is 7.86. The highest BCUT2D eigenvalue weighted by Gasteiger charge is 2.38. The van der Waals surface area contributed by atoms with Crippen molar-refractivity contribution in [1.29, 1.82) is 0 Å². The molecule has 2 aliphatic rings. The van der Waals surface area contributed by atoms with Gasteiger partial charge in [0.15, 0.2) is 0 Å². The van der Waals surface area contributed by atoms with Gasteiger partial charge in [-0.1, -0.05) is 88.1 Å². The van der Waals surface area contributed by atoms with Gasteiger partial charge in [0, 0.05) is 6.42 Å². The lowest BCUT2D eigenvalue weighted by molar-refractivity contribution is 0.0539. The number of hydrogen-bond donors (Lipinski definition) is 0. The maximum absolute atomic E-state index is 14.7. The quantitative estimate of drug-likeness (QED) is 0.139.